The van der Waals surface area contributed by atoms with Gasteiger partial charge in [0.2, 0.25) is 11.8 Å². The molecule has 0 unspecified atom stereocenters. The van der Waals surface area contributed by atoms with Crippen LogP contribution in [-0.2, 0) is 9.63 Å². The lowest BCUT2D eigenvalue weighted by molar-refractivity contribution is -0.148. The van der Waals surface area contributed by atoms with E-state index >= 15 is 0 Å². The third-order valence-electron chi connectivity index (χ3n) is 7.86. The van der Waals surface area contributed by atoms with Crippen molar-refractivity contribution in [2.24, 2.45) is 5.92 Å². The molecular weight excluding hydrogens is 550 g/mol. The SMILES string of the molecule is O=C(ON1CCC(C(=O)N2CCN(C(=O)c3cccc(Oc4n[nH]c(=O)c5ccccc45)c3)CC2)CC1)c1ccccc1. The zero-order chi connectivity index (χ0) is 29.8. The summed E-state index contributed by atoms with van der Waals surface area (Å²) in [4.78, 5) is 60.0. The fourth-order valence-corrected chi connectivity index (χ4v) is 5.48. The molecule has 11 nitrogen and oxygen atoms in total. The highest BCUT2D eigenvalue weighted by Gasteiger charge is 2.32. The predicted molar refractivity (Wildman–Crippen MR) is 158 cm³/mol. The predicted octanol–water partition coefficient (Wildman–Crippen LogP) is 3.48. The molecule has 2 amide bonds. The molecule has 2 fully saturated rings. The molecule has 3 aromatic carbocycles. The van der Waals surface area contributed by atoms with Crippen molar-refractivity contribution >= 4 is 28.6 Å². The third-order valence-corrected chi connectivity index (χ3v) is 7.86. The van der Waals surface area contributed by atoms with E-state index in [0.717, 1.165) is 0 Å². The second-order valence-electron chi connectivity index (χ2n) is 10.6. The number of nitrogens with zero attached hydrogens (tertiary/aromatic N) is 4. The van der Waals surface area contributed by atoms with Crippen LogP contribution in [0.15, 0.2) is 83.7 Å². The van der Waals surface area contributed by atoms with Gasteiger partial charge in [-0.2, -0.15) is 0 Å². The maximum Gasteiger partial charge on any atom is 0.357 e. The summed E-state index contributed by atoms with van der Waals surface area (Å²) in [6.45, 7) is 2.76. The van der Waals surface area contributed by atoms with Gasteiger partial charge in [0.15, 0.2) is 0 Å². The van der Waals surface area contributed by atoms with Gasteiger partial charge in [-0.25, -0.2) is 9.89 Å². The summed E-state index contributed by atoms with van der Waals surface area (Å²) in [7, 11) is 0. The lowest BCUT2D eigenvalue weighted by Gasteiger charge is -2.38. The highest BCUT2D eigenvalue weighted by Crippen LogP contribution is 2.27. The van der Waals surface area contributed by atoms with Gasteiger partial charge in [0.05, 0.1) is 16.3 Å². The molecule has 1 aromatic heterocycles. The van der Waals surface area contributed by atoms with E-state index in [1.54, 1.807) is 82.8 Å². The molecule has 220 valence electrons. The molecule has 11 heteroatoms. The molecule has 43 heavy (non-hydrogen) atoms. The quantitative estimate of drug-likeness (QED) is 0.367. The Hall–Kier alpha value is -5.03. The van der Waals surface area contributed by atoms with Crippen molar-refractivity contribution in [2.75, 3.05) is 39.3 Å². The van der Waals surface area contributed by atoms with Crippen LogP contribution in [0.3, 0.4) is 0 Å². The number of carbonyl (C=O) groups is 3. The molecule has 4 aromatic rings. The van der Waals surface area contributed by atoms with E-state index in [0.29, 0.717) is 79.8 Å². The van der Waals surface area contributed by atoms with E-state index in [-0.39, 0.29) is 29.2 Å². The second-order valence-corrected chi connectivity index (χ2v) is 10.6. The van der Waals surface area contributed by atoms with Crippen molar-refractivity contribution in [3.63, 3.8) is 0 Å². The number of fused-ring (bicyclic) bond motifs is 1. The molecule has 2 aliphatic heterocycles. The number of hydrogen-bond donors (Lipinski definition) is 1. The lowest BCUT2D eigenvalue weighted by atomic mass is 9.96. The van der Waals surface area contributed by atoms with Crippen molar-refractivity contribution in [1.29, 1.82) is 0 Å². The average molecular weight is 582 g/mol. The largest absolute Gasteiger partial charge is 0.437 e. The smallest absolute Gasteiger partial charge is 0.357 e. The number of piperidine rings is 1. The summed E-state index contributed by atoms with van der Waals surface area (Å²) in [5.41, 5.74) is 0.648. The van der Waals surface area contributed by atoms with Gasteiger partial charge in [-0.1, -0.05) is 36.4 Å². The minimum Gasteiger partial charge on any atom is -0.437 e. The van der Waals surface area contributed by atoms with E-state index in [1.807, 2.05) is 11.0 Å². The fraction of sp³-hybridized carbons (Fsp3) is 0.281. The molecule has 3 heterocycles. The number of carbonyl (C=O) groups excluding carboxylic acids is 3. The Labute approximate surface area is 247 Å². The van der Waals surface area contributed by atoms with Gasteiger partial charge in [0.1, 0.15) is 5.75 Å². The number of ether oxygens (including phenoxy) is 1. The third kappa shape index (κ3) is 6.26. The number of aromatic nitrogens is 2. The number of hydrogen-bond acceptors (Lipinski definition) is 8. The Morgan fingerprint density at radius 3 is 2.14 bits per heavy atom. The normalized spacial score (nSPS) is 16.2. The molecule has 2 aliphatic rings. The lowest BCUT2D eigenvalue weighted by Crippen LogP contribution is -2.53. The van der Waals surface area contributed by atoms with Crippen molar-refractivity contribution in [3.05, 3.63) is 100 Å². The first-order chi connectivity index (χ1) is 21.0. The summed E-state index contributed by atoms with van der Waals surface area (Å²) in [5, 5.41) is 9.15. The number of benzene rings is 3. The van der Waals surface area contributed by atoms with Crippen molar-refractivity contribution < 1.29 is 24.0 Å². The average Bonchev–Trinajstić information content (AvgIpc) is 3.06. The second kappa shape index (κ2) is 12.5. The number of hydroxylamine groups is 2. The number of nitrogens with one attached hydrogen (secondary N) is 1. The van der Waals surface area contributed by atoms with Crippen molar-refractivity contribution in [1.82, 2.24) is 25.1 Å². The van der Waals surface area contributed by atoms with Crippen molar-refractivity contribution in [2.45, 2.75) is 12.8 Å². The first kappa shape index (κ1) is 28.1. The first-order valence-electron chi connectivity index (χ1n) is 14.3. The van der Waals surface area contributed by atoms with Crippen LogP contribution in [0.5, 0.6) is 11.6 Å². The van der Waals surface area contributed by atoms with Gasteiger partial charge in [0.25, 0.3) is 11.5 Å². The van der Waals surface area contributed by atoms with Crippen LogP contribution in [0.1, 0.15) is 33.6 Å². The highest BCUT2D eigenvalue weighted by molar-refractivity contribution is 5.95. The van der Waals surface area contributed by atoms with Gasteiger partial charge < -0.3 is 19.4 Å². The Morgan fingerprint density at radius 2 is 1.40 bits per heavy atom. The Bertz CT molecular complexity index is 1690. The number of rotatable bonds is 6. The van der Waals surface area contributed by atoms with Crippen LogP contribution in [0, 0.1) is 5.92 Å². The van der Waals surface area contributed by atoms with Crippen LogP contribution in [0.2, 0.25) is 0 Å². The zero-order valence-electron chi connectivity index (χ0n) is 23.5. The summed E-state index contributed by atoms with van der Waals surface area (Å²) in [5.74, 6) is 0.0602. The first-order valence-corrected chi connectivity index (χ1v) is 14.3. The molecule has 0 aliphatic carbocycles. The van der Waals surface area contributed by atoms with Crippen LogP contribution in [0.25, 0.3) is 10.8 Å². The van der Waals surface area contributed by atoms with E-state index in [1.165, 1.54) is 0 Å². The van der Waals surface area contributed by atoms with Crippen LogP contribution in [0.4, 0.5) is 0 Å². The van der Waals surface area contributed by atoms with E-state index in [2.05, 4.69) is 10.2 Å². The monoisotopic (exact) mass is 581 g/mol. The van der Waals surface area contributed by atoms with Crippen LogP contribution < -0.4 is 10.3 Å². The molecular formula is C32H31N5O6. The van der Waals surface area contributed by atoms with Crippen molar-refractivity contribution in [3.8, 4) is 11.6 Å². The Balaban J connectivity index is 1.01. The zero-order valence-corrected chi connectivity index (χ0v) is 23.5. The fourth-order valence-electron chi connectivity index (χ4n) is 5.48. The topological polar surface area (TPSA) is 125 Å². The molecule has 1 N–H and O–H groups in total. The number of aromatic amines is 1. The molecule has 0 saturated carbocycles. The number of piperazine rings is 1. The number of H-pyrrole nitrogens is 1. The minimum atomic E-state index is -0.398. The Morgan fingerprint density at radius 1 is 0.744 bits per heavy atom. The van der Waals surface area contributed by atoms with Gasteiger partial charge in [-0.3, -0.25) is 14.4 Å². The summed E-state index contributed by atoms with van der Waals surface area (Å²) >= 11 is 0. The van der Waals surface area contributed by atoms with Gasteiger partial charge in [0, 0.05) is 50.7 Å². The highest BCUT2D eigenvalue weighted by atomic mass is 16.7. The molecule has 0 atom stereocenters. The van der Waals surface area contributed by atoms with Crippen LogP contribution >= 0.6 is 0 Å². The summed E-state index contributed by atoms with van der Waals surface area (Å²) < 4.78 is 5.96. The summed E-state index contributed by atoms with van der Waals surface area (Å²) in [6.07, 6.45) is 1.21. The standard InChI is InChI=1S/C32H31N5O6/c38-28-26-11-4-5-12-27(26)29(34-33-28)42-25-10-6-9-24(21-25)31(40)36-19-17-35(18-20-36)30(39)22-13-15-37(16-14-22)43-32(41)23-7-2-1-3-8-23/h1-12,21-22H,13-20H2,(H,33,38). The van der Waals surface area contributed by atoms with Crippen LogP contribution in [-0.4, -0.2) is 82.1 Å². The minimum absolute atomic E-state index is 0.0807. The molecule has 0 bridgehead atoms. The maximum atomic E-state index is 13.3. The van der Waals surface area contributed by atoms with E-state index in [4.69, 9.17) is 9.57 Å². The van der Waals surface area contributed by atoms with E-state index in [9.17, 15) is 19.2 Å². The molecule has 0 spiro atoms. The number of amides is 2. The molecule has 0 radical (unpaired) electrons. The molecule has 6 rings (SSSR count). The Kier molecular flexibility index (Phi) is 8.14. The van der Waals surface area contributed by atoms with E-state index < -0.39 is 5.97 Å². The maximum absolute atomic E-state index is 13.3. The van der Waals surface area contributed by atoms with Gasteiger partial charge >= 0.3 is 5.97 Å². The van der Waals surface area contributed by atoms with Gasteiger partial charge in [-0.15, -0.1) is 10.2 Å². The summed E-state index contributed by atoms with van der Waals surface area (Å²) in [6, 6.07) is 22.7. The van der Waals surface area contributed by atoms with Gasteiger partial charge in [-0.05, 0) is 55.3 Å². The molecule has 2 saturated heterocycles.